The fourth-order valence-corrected chi connectivity index (χ4v) is 4.72. The summed E-state index contributed by atoms with van der Waals surface area (Å²) in [4.78, 5) is 50.7. The number of carbonyl (C=O) groups is 3. The predicted molar refractivity (Wildman–Crippen MR) is 155 cm³/mol. The molecule has 0 saturated carbocycles. The Hall–Kier alpha value is -4.81. The Balaban J connectivity index is 1.43. The second-order valence-electron chi connectivity index (χ2n) is 10.9. The minimum atomic E-state index is -1.15. The third kappa shape index (κ3) is 6.24. The van der Waals surface area contributed by atoms with Gasteiger partial charge in [-0.1, -0.05) is 6.07 Å². The fraction of sp³-hybridized carbons (Fsp3) is 0.300. The van der Waals surface area contributed by atoms with Crippen LogP contribution < -0.4 is 10.1 Å². The molecule has 0 radical (unpaired) electrons. The van der Waals surface area contributed by atoms with Gasteiger partial charge in [0.2, 0.25) is 11.8 Å². The van der Waals surface area contributed by atoms with E-state index in [4.69, 9.17) is 4.74 Å². The van der Waals surface area contributed by atoms with Crippen molar-refractivity contribution in [3.8, 4) is 17.4 Å². The summed E-state index contributed by atoms with van der Waals surface area (Å²) in [5.74, 6) is -0.528. The molecule has 3 N–H and O–H groups in total. The molecule has 42 heavy (non-hydrogen) atoms. The third-order valence-corrected chi connectivity index (χ3v) is 6.93. The molecule has 0 unspecified atom stereocenters. The lowest BCUT2D eigenvalue weighted by atomic mass is 10.1. The predicted octanol–water partition coefficient (Wildman–Crippen LogP) is 3.15. The number of nitrogens with one attached hydrogen (secondary N) is 1. The van der Waals surface area contributed by atoms with Gasteiger partial charge in [0.05, 0.1) is 28.7 Å². The molecular formula is C30H32N6O6. The first-order chi connectivity index (χ1) is 20.0. The van der Waals surface area contributed by atoms with Gasteiger partial charge < -0.3 is 29.3 Å². The number of rotatable bonds is 8. The summed E-state index contributed by atoms with van der Waals surface area (Å²) in [5.41, 5.74) is 0.643. The second-order valence-corrected chi connectivity index (χ2v) is 10.9. The van der Waals surface area contributed by atoms with Gasteiger partial charge in [-0.2, -0.15) is 0 Å². The maximum atomic E-state index is 13.3. The number of aromatic nitrogens is 3. The van der Waals surface area contributed by atoms with Gasteiger partial charge in [0, 0.05) is 49.6 Å². The van der Waals surface area contributed by atoms with Gasteiger partial charge in [0.15, 0.2) is 6.29 Å². The fourth-order valence-electron chi connectivity index (χ4n) is 4.72. The Kier molecular flexibility index (Phi) is 7.92. The van der Waals surface area contributed by atoms with Crippen LogP contribution in [0.3, 0.4) is 0 Å². The number of amides is 2. The number of fused-ring (bicyclic) bond motifs is 1. The highest BCUT2D eigenvalue weighted by atomic mass is 16.5. The molecule has 0 spiro atoms. The first-order valence-electron chi connectivity index (χ1n) is 13.5. The maximum absolute atomic E-state index is 13.3. The van der Waals surface area contributed by atoms with Gasteiger partial charge in [-0.25, -0.2) is 9.97 Å². The van der Waals surface area contributed by atoms with Gasteiger partial charge in [0.1, 0.15) is 11.5 Å². The molecule has 5 rings (SSSR count). The Morgan fingerprint density at radius 3 is 2.55 bits per heavy atom. The minimum Gasteiger partial charge on any atom is -0.507 e. The molecule has 2 aromatic carbocycles. The molecule has 0 bridgehead atoms. The van der Waals surface area contributed by atoms with E-state index in [0.717, 1.165) is 13.1 Å². The summed E-state index contributed by atoms with van der Waals surface area (Å²) in [5, 5.41) is 23.4. The van der Waals surface area contributed by atoms with Crippen LogP contribution in [0.15, 0.2) is 54.7 Å². The van der Waals surface area contributed by atoms with Crippen LogP contribution in [0.1, 0.15) is 44.9 Å². The summed E-state index contributed by atoms with van der Waals surface area (Å²) in [6.07, 6.45) is 1.85. The maximum Gasteiger partial charge on any atom is 0.258 e. The Bertz CT molecular complexity index is 1650. The Morgan fingerprint density at radius 1 is 1.07 bits per heavy atom. The highest BCUT2D eigenvalue weighted by Gasteiger charge is 2.24. The lowest BCUT2D eigenvalue weighted by Gasteiger charge is -2.32. The Morgan fingerprint density at radius 2 is 1.83 bits per heavy atom. The van der Waals surface area contributed by atoms with Crippen LogP contribution in [-0.2, 0) is 6.54 Å². The third-order valence-electron chi connectivity index (χ3n) is 6.93. The average Bonchev–Trinajstić information content (AvgIpc) is 3.27. The minimum absolute atomic E-state index is 0.0356. The molecular weight excluding hydrogens is 540 g/mol. The van der Waals surface area contributed by atoms with Crippen molar-refractivity contribution in [3.63, 3.8) is 0 Å². The second kappa shape index (κ2) is 11.6. The molecule has 4 aromatic rings. The molecule has 218 valence electrons. The molecule has 0 aliphatic carbocycles. The quantitative estimate of drug-likeness (QED) is 0.271. The van der Waals surface area contributed by atoms with E-state index in [1.54, 1.807) is 36.6 Å². The number of pyridine rings is 1. The van der Waals surface area contributed by atoms with Gasteiger partial charge >= 0.3 is 0 Å². The number of hydrogen-bond donors (Lipinski definition) is 3. The summed E-state index contributed by atoms with van der Waals surface area (Å²) >= 11 is 0. The van der Waals surface area contributed by atoms with Crippen molar-refractivity contribution in [1.29, 1.82) is 0 Å². The SMILES string of the molecule is CN1CCN(C(=O)c2ccc3nc(NC(=O)c4ccnc(Oc5cccc(O)c5C=O)c4)n(CC(C)(C)O)c3c2)CC1. The summed E-state index contributed by atoms with van der Waals surface area (Å²) in [6, 6.07) is 12.4. The molecule has 3 heterocycles. The lowest BCUT2D eigenvalue weighted by molar-refractivity contribution is 0.0630. The number of aliphatic hydroxyl groups is 1. The number of imidazole rings is 1. The van der Waals surface area contributed by atoms with Crippen molar-refractivity contribution in [2.45, 2.75) is 26.0 Å². The normalized spacial score (nSPS) is 14.1. The van der Waals surface area contributed by atoms with Gasteiger partial charge in [-0.3, -0.25) is 19.7 Å². The number of piperazine rings is 1. The molecule has 12 nitrogen and oxygen atoms in total. The zero-order valence-corrected chi connectivity index (χ0v) is 23.6. The van der Waals surface area contributed by atoms with Crippen molar-refractivity contribution in [3.05, 3.63) is 71.4 Å². The van der Waals surface area contributed by atoms with Crippen molar-refractivity contribution in [2.75, 3.05) is 38.5 Å². The van der Waals surface area contributed by atoms with E-state index in [2.05, 4.69) is 20.2 Å². The van der Waals surface area contributed by atoms with Crippen molar-refractivity contribution < 1.29 is 29.3 Å². The van der Waals surface area contributed by atoms with Crippen LogP contribution in [0.5, 0.6) is 17.4 Å². The molecule has 1 aliphatic heterocycles. The van der Waals surface area contributed by atoms with Gasteiger partial charge in [-0.15, -0.1) is 0 Å². The number of aromatic hydroxyl groups is 1. The number of hydrogen-bond acceptors (Lipinski definition) is 9. The van der Waals surface area contributed by atoms with Gasteiger partial charge in [-0.05, 0) is 57.3 Å². The number of carbonyl (C=O) groups excluding carboxylic acids is 3. The van der Waals surface area contributed by atoms with E-state index in [0.29, 0.717) is 36.0 Å². The zero-order valence-electron chi connectivity index (χ0n) is 23.6. The van der Waals surface area contributed by atoms with E-state index in [-0.39, 0.29) is 46.9 Å². The zero-order chi connectivity index (χ0) is 30.0. The average molecular weight is 573 g/mol. The Labute approximate surface area is 242 Å². The highest BCUT2D eigenvalue weighted by molar-refractivity contribution is 6.04. The number of phenols is 1. The van der Waals surface area contributed by atoms with E-state index < -0.39 is 11.5 Å². The van der Waals surface area contributed by atoms with Crippen molar-refractivity contribution in [1.82, 2.24) is 24.3 Å². The summed E-state index contributed by atoms with van der Waals surface area (Å²) in [6.45, 7) is 6.26. The van der Waals surface area contributed by atoms with E-state index in [9.17, 15) is 24.6 Å². The molecule has 0 atom stereocenters. The van der Waals surface area contributed by atoms with Crippen molar-refractivity contribution >= 4 is 35.1 Å². The molecule has 1 aliphatic rings. The van der Waals surface area contributed by atoms with Crippen LogP contribution in [-0.4, -0.2) is 91.5 Å². The van der Waals surface area contributed by atoms with Crippen LogP contribution >= 0.6 is 0 Å². The van der Waals surface area contributed by atoms with E-state index in [1.807, 2.05) is 11.9 Å². The highest BCUT2D eigenvalue weighted by Crippen LogP contribution is 2.30. The number of ether oxygens (including phenoxy) is 1. The van der Waals surface area contributed by atoms with Gasteiger partial charge in [0.25, 0.3) is 11.8 Å². The number of anilines is 1. The number of aldehydes is 1. The summed E-state index contributed by atoms with van der Waals surface area (Å²) < 4.78 is 7.35. The van der Waals surface area contributed by atoms with Crippen LogP contribution in [0.4, 0.5) is 5.95 Å². The molecule has 2 aromatic heterocycles. The number of phenolic OH excluding ortho intramolecular Hbond substituents is 1. The van der Waals surface area contributed by atoms with E-state index in [1.165, 1.54) is 36.5 Å². The molecule has 2 amide bonds. The standard InChI is InChI=1S/C30H32N6O6/c1-30(2,41)18-36-23-15-20(28(40)35-13-11-34(3)12-14-35)7-8-22(23)32-29(36)33-27(39)19-9-10-31-26(16-19)42-25-6-4-5-24(38)21(25)17-37/h4-10,15-17,38,41H,11-14,18H2,1-3H3,(H,32,33,39). The first-order valence-corrected chi connectivity index (χ1v) is 13.5. The molecule has 1 fully saturated rings. The first kappa shape index (κ1) is 28.7. The monoisotopic (exact) mass is 572 g/mol. The van der Waals surface area contributed by atoms with E-state index >= 15 is 0 Å². The van der Waals surface area contributed by atoms with Crippen molar-refractivity contribution in [2.24, 2.45) is 0 Å². The molecule has 12 heteroatoms. The topological polar surface area (TPSA) is 150 Å². The van der Waals surface area contributed by atoms with Crippen LogP contribution in [0.25, 0.3) is 11.0 Å². The largest absolute Gasteiger partial charge is 0.507 e. The number of benzene rings is 2. The van der Waals surface area contributed by atoms with Crippen LogP contribution in [0.2, 0.25) is 0 Å². The van der Waals surface area contributed by atoms with Crippen LogP contribution in [0, 0.1) is 0 Å². The number of likely N-dealkylation sites (N-methyl/N-ethyl adjacent to an activating group) is 1. The lowest BCUT2D eigenvalue weighted by Crippen LogP contribution is -2.47. The molecule has 1 saturated heterocycles. The smallest absolute Gasteiger partial charge is 0.258 e. The summed E-state index contributed by atoms with van der Waals surface area (Å²) in [7, 11) is 2.02. The number of nitrogens with zero attached hydrogens (tertiary/aromatic N) is 5.